The molecule has 156 valence electrons. The lowest BCUT2D eigenvalue weighted by Gasteiger charge is -2.26. The molecule has 0 spiro atoms. The fraction of sp³-hybridized carbons (Fsp3) is 0.346. The third-order valence-electron chi connectivity index (χ3n) is 6.61. The van der Waals surface area contributed by atoms with Gasteiger partial charge in [-0.05, 0) is 62.3 Å². The number of hydrogen-bond acceptors (Lipinski definition) is 2. The van der Waals surface area contributed by atoms with E-state index >= 15 is 0 Å². The third-order valence-corrected chi connectivity index (χ3v) is 6.61. The Balaban J connectivity index is 1.64. The number of fused-ring (bicyclic) bond motifs is 1. The fourth-order valence-electron chi connectivity index (χ4n) is 4.84. The number of aromatic nitrogens is 1. The van der Waals surface area contributed by atoms with E-state index in [-0.39, 0.29) is 6.04 Å². The minimum absolute atomic E-state index is 0.274. The summed E-state index contributed by atoms with van der Waals surface area (Å²) in [6.45, 7) is 7.33. The molecule has 0 fully saturated rings. The average molecular weight is 403 g/mol. The predicted molar refractivity (Wildman–Crippen MR) is 120 cm³/mol. The number of rotatable bonds is 6. The molecular weight excluding hydrogens is 372 g/mol. The monoisotopic (exact) mass is 402 g/mol. The number of carbonyl (C=O) groups is 1. The molecule has 1 aliphatic carbocycles. The van der Waals surface area contributed by atoms with Crippen molar-refractivity contribution in [2.24, 2.45) is 0 Å². The smallest absolute Gasteiger partial charge is 0.337 e. The van der Waals surface area contributed by atoms with E-state index in [1.807, 2.05) is 26.0 Å². The molecular formula is C26H30N2O2. The summed E-state index contributed by atoms with van der Waals surface area (Å²) in [6.07, 6.45) is 3.37. The highest BCUT2D eigenvalue weighted by Gasteiger charge is 2.25. The normalized spacial score (nSPS) is 15.8. The van der Waals surface area contributed by atoms with Crippen LogP contribution in [0.25, 0.3) is 0 Å². The van der Waals surface area contributed by atoms with Crippen molar-refractivity contribution in [1.82, 2.24) is 9.88 Å². The van der Waals surface area contributed by atoms with E-state index in [1.165, 1.54) is 22.3 Å². The SMILES string of the molecule is Cc1ccccc1Cn1c(C)c(CNC2CCCc3ccccc32)c(C(=O)O)c1C. The molecule has 1 aromatic heterocycles. The Morgan fingerprint density at radius 2 is 1.80 bits per heavy atom. The van der Waals surface area contributed by atoms with Gasteiger partial charge >= 0.3 is 5.97 Å². The molecule has 1 heterocycles. The average Bonchev–Trinajstić information content (AvgIpc) is 2.98. The Bertz CT molecular complexity index is 1080. The Morgan fingerprint density at radius 3 is 2.57 bits per heavy atom. The quantitative estimate of drug-likeness (QED) is 0.586. The van der Waals surface area contributed by atoms with Gasteiger partial charge in [0.1, 0.15) is 0 Å². The zero-order valence-electron chi connectivity index (χ0n) is 18.0. The number of benzene rings is 2. The summed E-state index contributed by atoms with van der Waals surface area (Å²) < 4.78 is 2.15. The first kappa shape index (κ1) is 20.4. The van der Waals surface area contributed by atoms with E-state index in [0.717, 1.165) is 36.2 Å². The van der Waals surface area contributed by atoms with Gasteiger partial charge in [-0.3, -0.25) is 0 Å². The van der Waals surface area contributed by atoms with Crippen molar-refractivity contribution in [3.05, 3.63) is 93.3 Å². The highest BCUT2D eigenvalue weighted by Crippen LogP contribution is 2.31. The van der Waals surface area contributed by atoms with Crippen LogP contribution in [0.5, 0.6) is 0 Å². The number of carboxylic acids is 1. The van der Waals surface area contributed by atoms with Crippen molar-refractivity contribution in [3.8, 4) is 0 Å². The molecule has 0 amide bonds. The molecule has 0 radical (unpaired) electrons. The van der Waals surface area contributed by atoms with Gasteiger partial charge in [-0.15, -0.1) is 0 Å². The minimum atomic E-state index is -0.847. The van der Waals surface area contributed by atoms with Crippen LogP contribution in [0, 0.1) is 20.8 Å². The van der Waals surface area contributed by atoms with Gasteiger partial charge in [-0.1, -0.05) is 48.5 Å². The Morgan fingerprint density at radius 1 is 1.07 bits per heavy atom. The molecule has 4 heteroatoms. The van der Waals surface area contributed by atoms with E-state index in [0.29, 0.717) is 18.7 Å². The van der Waals surface area contributed by atoms with Gasteiger partial charge in [-0.25, -0.2) is 4.79 Å². The molecule has 0 saturated carbocycles. The highest BCUT2D eigenvalue weighted by molar-refractivity contribution is 5.91. The summed E-state index contributed by atoms with van der Waals surface area (Å²) in [6, 6.07) is 17.2. The second-order valence-electron chi connectivity index (χ2n) is 8.37. The largest absolute Gasteiger partial charge is 0.478 e. The van der Waals surface area contributed by atoms with Crippen molar-refractivity contribution in [1.29, 1.82) is 0 Å². The molecule has 1 unspecified atom stereocenters. The van der Waals surface area contributed by atoms with Crippen LogP contribution in [-0.4, -0.2) is 15.6 Å². The van der Waals surface area contributed by atoms with E-state index in [4.69, 9.17) is 0 Å². The molecule has 0 saturated heterocycles. The molecule has 0 bridgehead atoms. The van der Waals surface area contributed by atoms with Crippen LogP contribution in [0.15, 0.2) is 48.5 Å². The van der Waals surface area contributed by atoms with E-state index in [1.54, 1.807) is 0 Å². The second kappa shape index (κ2) is 8.49. The fourth-order valence-corrected chi connectivity index (χ4v) is 4.84. The number of nitrogens with one attached hydrogen (secondary N) is 1. The number of hydrogen-bond donors (Lipinski definition) is 2. The van der Waals surface area contributed by atoms with Crippen LogP contribution < -0.4 is 5.32 Å². The van der Waals surface area contributed by atoms with E-state index < -0.39 is 5.97 Å². The van der Waals surface area contributed by atoms with Crippen LogP contribution in [0.1, 0.15) is 68.4 Å². The summed E-state index contributed by atoms with van der Waals surface area (Å²) in [5.41, 5.74) is 8.40. The van der Waals surface area contributed by atoms with Crippen molar-refractivity contribution < 1.29 is 9.90 Å². The zero-order chi connectivity index (χ0) is 21.3. The predicted octanol–water partition coefficient (Wildman–Crippen LogP) is 5.33. The number of nitrogens with zero attached hydrogens (tertiary/aromatic N) is 1. The van der Waals surface area contributed by atoms with Crippen molar-refractivity contribution in [3.63, 3.8) is 0 Å². The molecule has 4 nitrogen and oxygen atoms in total. The molecule has 2 N–H and O–H groups in total. The highest BCUT2D eigenvalue weighted by atomic mass is 16.4. The van der Waals surface area contributed by atoms with Crippen molar-refractivity contribution >= 4 is 5.97 Å². The minimum Gasteiger partial charge on any atom is -0.478 e. The standard InChI is InChI=1S/C26H30N2O2/c1-17-9-4-5-11-21(17)16-28-18(2)23(25(19(28)3)26(29)30)15-27-24-14-8-12-20-10-6-7-13-22(20)24/h4-7,9-11,13,24,27H,8,12,14-16H2,1-3H3,(H,29,30). The van der Waals surface area contributed by atoms with Gasteiger partial charge in [0.25, 0.3) is 0 Å². The first-order valence-corrected chi connectivity index (χ1v) is 10.7. The summed E-state index contributed by atoms with van der Waals surface area (Å²) in [5, 5.41) is 13.6. The molecule has 0 aliphatic heterocycles. The molecule has 4 rings (SSSR count). The second-order valence-corrected chi connectivity index (χ2v) is 8.37. The van der Waals surface area contributed by atoms with Gasteiger partial charge in [0.05, 0.1) is 5.56 Å². The van der Waals surface area contributed by atoms with Crippen LogP contribution in [-0.2, 0) is 19.5 Å². The first-order valence-electron chi connectivity index (χ1n) is 10.7. The first-order chi connectivity index (χ1) is 14.5. The van der Waals surface area contributed by atoms with Crippen molar-refractivity contribution in [2.75, 3.05) is 0 Å². The van der Waals surface area contributed by atoms with Crippen LogP contribution in [0.4, 0.5) is 0 Å². The lowest BCUT2D eigenvalue weighted by atomic mass is 9.87. The maximum Gasteiger partial charge on any atom is 0.337 e. The number of aryl methyl sites for hydroxylation is 2. The molecule has 30 heavy (non-hydrogen) atoms. The number of aromatic carboxylic acids is 1. The van der Waals surface area contributed by atoms with Crippen LogP contribution in [0.3, 0.4) is 0 Å². The van der Waals surface area contributed by atoms with Crippen LogP contribution >= 0.6 is 0 Å². The summed E-state index contributed by atoms with van der Waals surface area (Å²) in [7, 11) is 0. The van der Waals surface area contributed by atoms with Gasteiger partial charge < -0.3 is 15.0 Å². The van der Waals surface area contributed by atoms with Crippen molar-refractivity contribution in [2.45, 2.75) is 59.2 Å². The Labute approximate surface area is 178 Å². The number of carboxylic acid groups (broad SMARTS) is 1. The Kier molecular flexibility index (Phi) is 5.78. The third kappa shape index (κ3) is 3.80. The van der Waals surface area contributed by atoms with E-state index in [9.17, 15) is 9.90 Å². The summed E-state index contributed by atoms with van der Waals surface area (Å²) >= 11 is 0. The van der Waals surface area contributed by atoms with Gasteiger partial charge in [0, 0.05) is 36.1 Å². The maximum absolute atomic E-state index is 12.1. The molecule has 1 aliphatic rings. The molecule has 3 aromatic rings. The summed E-state index contributed by atoms with van der Waals surface area (Å²) in [4.78, 5) is 12.1. The lowest BCUT2D eigenvalue weighted by molar-refractivity contribution is 0.0694. The maximum atomic E-state index is 12.1. The molecule has 2 aromatic carbocycles. The lowest BCUT2D eigenvalue weighted by Crippen LogP contribution is -2.25. The Hall–Kier alpha value is -2.85. The van der Waals surface area contributed by atoms with Crippen LogP contribution in [0.2, 0.25) is 0 Å². The zero-order valence-corrected chi connectivity index (χ0v) is 18.0. The van der Waals surface area contributed by atoms with Gasteiger partial charge in [0.2, 0.25) is 0 Å². The summed E-state index contributed by atoms with van der Waals surface area (Å²) in [5.74, 6) is -0.847. The van der Waals surface area contributed by atoms with Gasteiger partial charge in [-0.2, -0.15) is 0 Å². The van der Waals surface area contributed by atoms with Gasteiger partial charge in [0.15, 0.2) is 0 Å². The van der Waals surface area contributed by atoms with E-state index in [2.05, 4.69) is 53.2 Å². The molecule has 1 atom stereocenters. The topological polar surface area (TPSA) is 54.3 Å².